The fourth-order valence-corrected chi connectivity index (χ4v) is 3.33. The Kier molecular flexibility index (Phi) is 5.02. The van der Waals surface area contributed by atoms with E-state index in [1.165, 1.54) is 0 Å². The van der Waals surface area contributed by atoms with Crippen molar-refractivity contribution in [1.29, 1.82) is 0 Å². The summed E-state index contributed by atoms with van der Waals surface area (Å²) in [6.07, 6.45) is 0.668. The predicted molar refractivity (Wildman–Crippen MR) is 96.4 cm³/mol. The highest BCUT2D eigenvalue weighted by atomic mass is 79.9. The van der Waals surface area contributed by atoms with Gasteiger partial charge in [-0.15, -0.1) is 0 Å². The number of rotatable bonds is 3. The molecule has 23 heavy (non-hydrogen) atoms. The van der Waals surface area contributed by atoms with E-state index in [9.17, 15) is 4.79 Å². The number of halogens is 2. The Morgan fingerprint density at radius 1 is 1.26 bits per heavy atom. The molecule has 1 heterocycles. The van der Waals surface area contributed by atoms with Gasteiger partial charge in [-0.2, -0.15) is 0 Å². The molecule has 4 nitrogen and oxygen atoms in total. The second-order valence-electron chi connectivity index (χ2n) is 5.63. The molecule has 6 heteroatoms. The summed E-state index contributed by atoms with van der Waals surface area (Å²) < 4.78 is 0.995. The normalized spacial score (nSPS) is 20.5. The van der Waals surface area contributed by atoms with Crippen molar-refractivity contribution in [3.05, 3.63) is 63.1 Å². The summed E-state index contributed by atoms with van der Waals surface area (Å²) in [5, 5.41) is 3.67. The molecule has 2 aromatic carbocycles. The number of hydrogen-bond acceptors (Lipinski definition) is 3. The number of aryl methyl sites for hydroxylation is 1. The summed E-state index contributed by atoms with van der Waals surface area (Å²) in [5.74, 6) is -0.0487. The molecule has 1 amide bonds. The Hall–Kier alpha value is -1.40. The van der Waals surface area contributed by atoms with Crippen molar-refractivity contribution < 1.29 is 4.79 Å². The summed E-state index contributed by atoms with van der Waals surface area (Å²) in [5.41, 5.74) is 9.14. The SMILES string of the molecule is Cc1cc(Br)ccc1NC(=O)C1CC(c2cccc(Cl)c2)NN1. The molecule has 0 spiro atoms. The van der Waals surface area contributed by atoms with Gasteiger partial charge in [0.15, 0.2) is 0 Å². The van der Waals surface area contributed by atoms with Crippen LogP contribution >= 0.6 is 27.5 Å². The van der Waals surface area contributed by atoms with Gasteiger partial charge in [0.1, 0.15) is 6.04 Å². The van der Waals surface area contributed by atoms with Gasteiger partial charge in [-0.3, -0.25) is 4.79 Å². The Balaban J connectivity index is 1.65. The quantitative estimate of drug-likeness (QED) is 0.738. The van der Waals surface area contributed by atoms with Gasteiger partial charge in [0.25, 0.3) is 0 Å². The van der Waals surface area contributed by atoms with E-state index < -0.39 is 0 Å². The minimum atomic E-state index is -0.290. The van der Waals surface area contributed by atoms with E-state index in [0.717, 1.165) is 21.3 Å². The predicted octanol–water partition coefficient (Wildman–Crippen LogP) is 3.96. The highest BCUT2D eigenvalue weighted by molar-refractivity contribution is 9.10. The van der Waals surface area contributed by atoms with Crippen LogP contribution in [0, 0.1) is 6.92 Å². The molecule has 0 aromatic heterocycles. The maximum atomic E-state index is 12.4. The van der Waals surface area contributed by atoms with Crippen LogP contribution in [-0.2, 0) is 4.79 Å². The number of nitrogens with one attached hydrogen (secondary N) is 3. The molecule has 2 unspecified atom stereocenters. The van der Waals surface area contributed by atoms with Gasteiger partial charge in [-0.05, 0) is 54.8 Å². The van der Waals surface area contributed by atoms with Gasteiger partial charge < -0.3 is 5.32 Å². The molecule has 1 saturated heterocycles. The topological polar surface area (TPSA) is 53.2 Å². The van der Waals surface area contributed by atoms with Gasteiger partial charge in [0.05, 0.1) is 0 Å². The van der Waals surface area contributed by atoms with Gasteiger partial charge in [0.2, 0.25) is 5.91 Å². The van der Waals surface area contributed by atoms with Gasteiger partial charge >= 0.3 is 0 Å². The third kappa shape index (κ3) is 3.93. The number of benzene rings is 2. The summed E-state index contributed by atoms with van der Waals surface area (Å²) in [4.78, 5) is 12.4. The smallest absolute Gasteiger partial charge is 0.242 e. The average molecular weight is 395 g/mol. The van der Waals surface area contributed by atoms with Crippen LogP contribution in [0.25, 0.3) is 0 Å². The first-order valence-electron chi connectivity index (χ1n) is 7.36. The molecule has 0 bridgehead atoms. The van der Waals surface area contributed by atoms with Crippen LogP contribution in [0.2, 0.25) is 5.02 Å². The van der Waals surface area contributed by atoms with E-state index in [0.29, 0.717) is 11.4 Å². The molecular weight excluding hydrogens is 378 g/mol. The fraction of sp³-hybridized carbons (Fsp3) is 0.235. The molecule has 0 radical (unpaired) electrons. The molecule has 1 aliphatic rings. The summed E-state index contributed by atoms with van der Waals surface area (Å²) >= 11 is 9.45. The van der Waals surface area contributed by atoms with Crippen LogP contribution in [0.3, 0.4) is 0 Å². The molecule has 3 rings (SSSR count). The molecule has 0 saturated carbocycles. The molecule has 2 aromatic rings. The summed E-state index contributed by atoms with van der Waals surface area (Å²) in [6.45, 7) is 1.97. The van der Waals surface area contributed by atoms with E-state index >= 15 is 0 Å². The van der Waals surface area contributed by atoms with Gasteiger partial charge in [0, 0.05) is 21.2 Å². The molecule has 120 valence electrons. The standard InChI is InChI=1S/C17H17BrClN3O/c1-10-7-12(18)5-6-14(10)20-17(23)16-9-15(21-22-16)11-3-2-4-13(19)8-11/h2-8,15-16,21-22H,9H2,1H3,(H,20,23). The first kappa shape index (κ1) is 16.5. The maximum Gasteiger partial charge on any atom is 0.242 e. The van der Waals surface area contributed by atoms with Crippen LogP contribution in [0.4, 0.5) is 5.69 Å². The zero-order valence-corrected chi connectivity index (χ0v) is 14.9. The zero-order valence-electron chi connectivity index (χ0n) is 12.6. The second-order valence-corrected chi connectivity index (χ2v) is 6.99. The number of hydrazine groups is 1. The van der Waals surface area contributed by atoms with Crippen LogP contribution in [0.15, 0.2) is 46.9 Å². The van der Waals surface area contributed by atoms with Crippen molar-refractivity contribution in [2.24, 2.45) is 0 Å². The Morgan fingerprint density at radius 2 is 2.09 bits per heavy atom. The minimum Gasteiger partial charge on any atom is -0.324 e. The van der Waals surface area contributed by atoms with E-state index in [4.69, 9.17) is 11.6 Å². The van der Waals surface area contributed by atoms with E-state index in [1.807, 2.05) is 49.4 Å². The molecular formula is C17H17BrClN3O. The molecule has 1 fully saturated rings. The highest BCUT2D eigenvalue weighted by Crippen LogP contribution is 2.26. The Bertz CT molecular complexity index is 738. The lowest BCUT2D eigenvalue weighted by atomic mass is 10.0. The minimum absolute atomic E-state index is 0.0487. The van der Waals surface area contributed by atoms with Crippen molar-refractivity contribution in [2.45, 2.75) is 25.4 Å². The highest BCUT2D eigenvalue weighted by Gasteiger charge is 2.30. The van der Waals surface area contributed by atoms with Crippen molar-refractivity contribution in [1.82, 2.24) is 10.9 Å². The molecule has 2 atom stereocenters. The lowest BCUT2D eigenvalue weighted by Crippen LogP contribution is -2.39. The molecule has 1 aliphatic heterocycles. The van der Waals surface area contributed by atoms with Crippen LogP contribution < -0.4 is 16.2 Å². The number of carbonyl (C=O) groups excluding carboxylic acids is 1. The second kappa shape index (κ2) is 7.01. The summed E-state index contributed by atoms with van der Waals surface area (Å²) in [6, 6.07) is 13.2. The number of amides is 1. The first-order valence-corrected chi connectivity index (χ1v) is 8.53. The number of carbonyl (C=O) groups is 1. The van der Waals surface area contributed by atoms with Crippen molar-refractivity contribution in [2.75, 3.05) is 5.32 Å². The molecule has 3 N–H and O–H groups in total. The van der Waals surface area contributed by atoms with E-state index in [2.05, 4.69) is 32.1 Å². The van der Waals surface area contributed by atoms with Gasteiger partial charge in [-0.25, -0.2) is 10.9 Å². The Morgan fingerprint density at radius 3 is 2.83 bits per heavy atom. The largest absolute Gasteiger partial charge is 0.324 e. The lowest BCUT2D eigenvalue weighted by molar-refractivity contribution is -0.117. The molecule has 0 aliphatic carbocycles. The van der Waals surface area contributed by atoms with E-state index in [1.54, 1.807) is 0 Å². The van der Waals surface area contributed by atoms with Crippen molar-refractivity contribution in [3.63, 3.8) is 0 Å². The van der Waals surface area contributed by atoms with E-state index in [-0.39, 0.29) is 18.0 Å². The number of anilines is 1. The fourth-order valence-electron chi connectivity index (χ4n) is 2.66. The lowest BCUT2D eigenvalue weighted by Gasteiger charge is -2.13. The van der Waals surface area contributed by atoms with Crippen molar-refractivity contribution >= 4 is 39.1 Å². The van der Waals surface area contributed by atoms with Crippen molar-refractivity contribution in [3.8, 4) is 0 Å². The maximum absolute atomic E-state index is 12.4. The van der Waals surface area contributed by atoms with Gasteiger partial charge in [-0.1, -0.05) is 39.7 Å². The Labute approximate surface area is 148 Å². The third-order valence-corrected chi connectivity index (χ3v) is 4.65. The number of hydrogen-bond donors (Lipinski definition) is 3. The zero-order chi connectivity index (χ0) is 16.4. The van der Waals surface area contributed by atoms with Crippen LogP contribution in [0.1, 0.15) is 23.6 Å². The first-order chi connectivity index (χ1) is 11.0. The third-order valence-electron chi connectivity index (χ3n) is 3.92. The van der Waals surface area contributed by atoms with Crippen LogP contribution in [-0.4, -0.2) is 11.9 Å². The average Bonchev–Trinajstić information content (AvgIpc) is 3.00. The summed E-state index contributed by atoms with van der Waals surface area (Å²) in [7, 11) is 0. The monoisotopic (exact) mass is 393 g/mol. The van der Waals surface area contributed by atoms with Crippen LogP contribution in [0.5, 0.6) is 0 Å².